The van der Waals surface area contributed by atoms with Crippen LogP contribution in [-0.2, 0) is 21.7 Å². The van der Waals surface area contributed by atoms with Gasteiger partial charge in [0.25, 0.3) is 0 Å². The summed E-state index contributed by atoms with van der Waals surface area (Å²) >= 11 is 0. The van der Waals surface area contributed by atoms with Crippen molar-refractivity contribution in [2.24, 2.45) is 0 Å². The minimum atomic E-state index is 0. The Hall–Kier alpha value is 3.46. The summed E-state index contributed by atoms with van der Waals surface area (Å²) < 4.78 is 0. The smallest absolute Gasteiger partial charge is 0.870 e. The first-order valence-corrected chi connectivity index (χ1v) is 0. The minimum absolute atomic E-state index is 0. The molecule has 0 saturated heterocycles. The molecule has 0 spiro atoms. The normalized spacial score (nSPS) is 0. The van der Waals surface area contributed by atoms with Gasteiger partial charge in [-0.05, 0) is 0 Å². The summed E-state index contributed by atoms with van der Waals surface area (Å²) in [5.41, 5.74) is 0. The summed E-state index contributed by atoms with van der Waals surface area (Å²) in [4.78, 5) is 0. The van der Waals surface area contributed by atoms with Gasteiger partial charge in [-0.3, -0.25) is 0 Å². The van der Waals surface area contributed by atoms with Crippen molar-refractivity contribution < 1.29 is 84.0 Å². The molecule has 0 unspecified atom stereocenters. The zero-order valence-electron chi connectivity index (χ0n) is 3.40. The minimum Gasteiger partial charge on any atom is -0.870 e. The van der Waals surface area contributed by atoms with Gasteiger partial charge in [-0.15, -0.1) is 0 Å². The third kappa shape index (κ3) is 43.9. The maximum atomic E-state index is 0. The van der Waals surface area contributed by atoms with Crippen molar-refractivity contribution >= 4 is 48.9 Å². The van der Waals surface area contributed by atoms with Crippen LogP contribution in [0.4, 0.5) is 0 Å². The Morgan fingerprint density at radius 1 is 0.571 bits per heavy atom. The molecule has 0 bridgehead atoms. The number of rotatable bonds is 0. The van der Waals surface area contributed by atoms with E-state index in [0.717, 1.165) is 0 Å². The Labute approximate surface area is 129 Å². The van der Waals surface area contributed by atoms with E-state index in [4.69, 9.17) is 0 Å². The van der Waals surface area contributed by atoms with Crippen LogP contribution < -0.4 is 0 Å². The van der Waals surface area contributed by atoms with E-state index in [-0.39, 0.29) is 133 Å². The Balaban J connectivity index is 0. The van der Waals surface area contributed by atoms with Crippen LogP contribution in [0.1, 0.15) is 0 Å². The first-order valence-electron chi connectivity index (χ1n) is 0. The van der Waals surface area contributed by atoms with Crippen LogP contribution in [-0.4, -0.2) is 70.8 Å². The van der Waals surface area contributed by atoms with E-state index < -0.39 is 0 Å². The summed E-state index contributed by atoms with van der Waals surface area (Å²) in [5, 5.41) is 0. The van der Waals surface area contributed by atoms with Gasteiger partial charge >= 0.3 is 48.9 Å². The van der Waals surface area contributed by atoms with Crippen LogP contribution in [0.2, 0.25) is 0 Å². The van der Waals surface area contributed by atoms with Gasteiger partial charge in [0.2, 0.25) is 0 Å². The Kier molecular flexibility index (Phi) is 631. The van der Waals surface area contributed by atoms with E-state index in [1.165, 1.54) is 0 Å². The zero-order valence-corrected chi connectivity index (χ0v) is 12.0. The van der Waals surface area contributed by atoms with Gasteiger partial charge in [0, 0.05) is 62.1 Å². The molecule has 0 amide bonds. The van der Waals surface area contributed by atoms with E-state index in [1.54, 1.807) is 0 Å². The fourth-order valence-electron chi connectivity index (χ4n) is 0. The van der Waals surface area contributed by atoms with Crippen molar-refractivity contribution in [1.29, 1.82) is 0 Å². The molecule has 0 aliphatic carbocycles. The van der Waals surface area contributed by atoms with Crippen molar-refractivity contribution in [3.8, 4) is 0 Å². The standard InChI is InChI=1S/Ba.4H2O.Sm.Ti/h;4*1H2;;/q+2;;;;;;/p-4. The molecule has 4 nitrogen and oxygen atoms in total. The average molecular weight is 404 g/mol. The van der Waals surface area contributed by atoms with Crippen LogP contribution in [0.25, 0.3) is 0 Å². The molecule has 0 aromatic heterocycles. The summed E-state index contributed by atoms with van der Waals surface area (Å²) in [5.74, 6) is 0. The molecule has 7 heavy (non-hydrogen) atoms. The van der Waals surface area contributed by atoms with Crippen molar-refractivity contribution in [2.75, 3.05) is 0 Å². The maximum absolute atomic E-state index is 0. The third-order valence-electron chi connectivity index (χ3n) is 0. The van der Waals surface area contributed by atoms with E-state index >= 15 is 0 Å². The van der Waals surface area contributed by atoms with Gasteiger partial charge in [-0.25, -0.2) is 0 Å². The monoisotopic (exact) mass is 406 g/mol. The predicted octanol–water partition coefficient (Wildman–Crippen LogP) is -1.09. The first kappa shape index (κ1) is 78.1. The van der Waals surface area contributed by atoms with Crippen LogP contribution in [0.15, 0.2) is 0 Å². The van der Waals surface area contributed by atoms with E-state index in [9.17, 15) is 0 Å². The van der Waals surface area contributed by atoms with Gasteiger partial charge in [-0.1, -0.05) is 0 Å². The molecule has 0 saturated carbocycles. The second-order valence-corrected chi connectivity index (χ2v) is 0. The molecule has 0 aromatic rings. The van der Waals surface area contributed by atoms with Crippen LogP contribution in [0.3, 0.4) is 0 Å². The topological polar surface area (TPSA) is 120 Å². The average Bonchev–Trinajstić information content (AvgIpc) is 0. The number of hydrogen-bond donors (Lipinski definition) is 0. The van der Waals surface area contributed by atoms with Crippen LogP contribution >= 0.6 is 0 Å². The molecule has 7 heteroatoms. The zero-order chi connectivity index (χ0) is 0. The Morgan fingerprint density at radius 2 is 0.571 bits per heavy atom. The molecule has 0 radical (unpaired) electrons. The van der Waals surface area contributed by atoms with Gasteiger partial charge in [0.05, 0.1) is 0 Å². The fraction of sp³-hybridized carbons (Fsp3) is 0. The van der Waals surface area contributed by atoms with Crippen molar-refractivity contribution in [3.05, 3.63) is 0 Å². The van der Waals surface area contributed by atoms with Crippen LogP contribution in [0, 0.1) is 40.4 Å². The van der Waals surface area contributed by atoms with E-state index in [0.29, 0.717) is 0 Å². The molecular formula is H4BaO4SmTi-2. The van der Waals surface area contributed by atoms with Gasteiger partial charge in [-0.2, -0.15) is 0 Å². The Bertz CT molecular complexity index is 11.7. The molecule has 0 aromatic carbocycles. The maximum Gasteiger partial charge on any atom is 2.00 e. The summed E-state index contributed by atoms with van der Waals surface area (Å²) in [6.45, 7) is 0. The molecule has 0 heterocycles. The molecule has 0 aliphatic rings. The van der Waals surface area contributed by atoms with E-state index in [2.05, 4.69) is 0 Å². The SMILES string of the molecule is [Ba+2].[OH-].[OH-].[OH-].[OH-].[Sm].[Ti]. The molecule has 42 valence electrons. The molecule has 0 atom stereocenters. The van der Waals surface area contributed by atoms with Crippen LogP contribution in [0.5, 0.6) is 0 Å². The quantitative estimate of drug-likeness (QED) is 0.477. The molecule has 0 fully saturated rings. The Morgan fingerprint density at radius 3 is 0.571 bits per heavy atom. The second-order valence-electron chi connectivity index (χ2n) is 0. The largest absolute Gasteiger partial charge is 2.00 e. The van der Waals surface area contributed by atoms with Crippen molar-refractivity contribution in [3.63, 3.8) is 0 Å². The molecule has 0 rings (SSSR count). The summed E-state index contributed by atoms with van der Waals surface area (Å²) in [6, 6.07) is 0. The molecule has 4 N–H and O–H groups in total. The van der Waals surface area contributed by atoms with Gasteiger partial charge in [0.1, 0.15) is 0 Å². The molecular weight excluding hydrogens is 400 g/mol. The summed E-state index contributed by atoms with van der Waals surface area (Å²) in [6.07, 6.45) is 0. The fourth-order valence-corrected chi connectivity index (χ4v) is 0. The third-order valence-corrected chi connectivity index (χ3v) is 0. The second kappa shape index (κ2) is 56.5. The number of hydrogen-bond acceptors (Lipinski definition) is 4. The first-order chi connectivity index (χ1) is 0. The van der Waals surface area contributed by atoms with E-state index in [1.807, 2.05) is 0 Å². The van der Waals surface area contributed by atoms with Gasteiger partial charge < -0.3 is 21.9 Å². The van der Waals surface area contributed by atoms with Gasteiger partial charge in [0.15, 0.2) is 0 Å². The van der Waals surface area contributed by atoms with Crippen molar-refractivity contribution in [2.45, 2.75) is 0 Å². The predicted molar refractivity (Wildman–Crippen MR) is 13.5 cm³/mol. The molecule has 0 aliphatic heterocycles. The van der Waals surface area contributed by atoms with Crippen molar-refractivity contribution in [1.82, 2.24) is 0 Å². The summed E-state index contributed by atoms with van der Waals surface area (Å²) in [7, 11) is 0.